The normalized spacial score (nSPS) is 18.1. The Morgan fingerprint density at radius 3 is 2.70 bits per heavy atom. The van der Waals surface area contributed by atoms with Crippen LogP contribution >= 0.6 is 11.6 Å². The fourth-order valence-electron chi connectivity index (χ4n) is 2.47. The molecule has 3 nitrogen and oxygen atoms in total. The molecule has 1 aromatic rings. The topological polar surface area (TPSA) is 49.3 Å². The van der Waals surface area contributed by atoms with E-state index in [1.807, 2.05) is 18.2 Å². The fraction of sp³-hybridized carbons (Fsp3) is 0.438. The first-order valence-corrected chi connectivity index (χ1v) is 7.40. The lowest BCUT2D eigenvalue weighted by Crippen LogP contribution is -2.43. The maximum Gasteiger partial charge on any atom is 0.244 e. The molecule has 0 atom stereocenters. The monoisotopic (exact) mass is 293 g/mol. The van der Waals surface area contributed by atoms with Crippen LogP contribution in [0.1, 0.15) is 37.7 Å². The number of halogens is 1. The molecule has 0 unspecified atom stereocenters. The zero-order valence-electron chi connectivity index (χ0n) is 11.4. The molecule has 0 heterocycles. The molecule has 0 aliphatic heterocycles. The first-order chi connectivity index (χ1) is 9.59. The van der Waals surface area contributed by atoms with E-state index in [4.69, 9.17) is 11.6 Å². The SMILES string of the molecule is O=C(C=Cc1ccccc1Cl)NCC1(O)CCCCC1. The summed E-state index contributed by atoms with van der Waals surface area (Å²) in [6.07, 6.45) is 7.89. The van der Waals surface area contributed by atoms with E-state index in [2.05, 4.69) is 5.32 Å². The third-order valence-corrected chi connectivity index (χ3v) is 4.04. The van der Waals surface area contributed by atoms with E-state index in [1.165, 1.54) is 12.5 Å². The first kappa shape index (κ1) is 15.1. The highest BCUT2D eigenvalue weighted by atomic mass is 35.5. The van der Waals surface area contributed by atoms with Gasteiger partial charge in [0.2, 0.25) is 5.91 Å². The number of nitrogens with one attached hydrogen (secondary N) is 1. The summed E-state index contributed by atoms with van der Waals surface area (Å²) >= 11 is 6.01. The van der Waals surface area contributed by atoms with Gasteiger partial charge in [-0.05, 0) is 30.5 Å². The number of amides is 1. The largest absolute Gasteiger partial charge is 0.388 e. The highest BCUT2D eigenvalue weighted by molar-refractivity contribution is 6.32. The highest BCUT2D eigenvalue weighted by Crippen LogP contribution is 2.27. The van der Waals surface area contributed by atoms with E-state index >= 15 is 0 Å². The molecule has 2 rings (SSSR count). The van der Waals surface area contributed by atoms with Gasteiger partial charge in [0, 0.05) is 17.6 Å². The van der Waals surface area contributed by atoms with Crippen molar-refractivity contribution in [2.45, 2.75) is 37.7 Å². The second-order valence-electron chi connectivity index (χ2n) is 5.36. The van der Waals surface area contributed by atoms with Gasteiger partial charge in [-0.25, -0.2) is 0 Å². The quantitative estimate of drug-likeness (QED) is 0.838. The molecule has 0 aromatic heterocycles. The van der Waals surface area contributed by atoms with Gasteiger partial charge >= 0.3 is 0 Å². The highest BCUT2D eigenvalue weighted by Gasteiger charge is 2.29. The molecule has 0 radical (unpaired) electrons. The number of hydrogen-bond acceptors (Lipinski definition) is 2. The molecule has 20 heavy (non-hydrogen) atoms. The van der Waals surface area contributed by atoms with Crippen LogP contribution in [-0.4, -0.2) is 23.2 Å². The molecular formula is C16H20ClNO2. The maximum atomic E-state index is 11.8. The van der Waals surface area contributed by atoms with Crippen LogP contribution in [0.4, 0.5) is 0 Å². The van der Waals surface area contributed by atoms with Gasteiger partial charge in [-0.2, -0.15) is 0 Å². The lowest BCUT2D eigenvalue weighted by Gasteiger charge is -2.31. The molecule has 108 valence electrons. The lowest BCUT2D eigenvalue weighted by atomic mass is 9.85. The van der Waals surface area contributed by atoms with Crippen LogP contribution < -0.4 is 5.32 Å². The summed E-state index contributed by atoms with van der Waals surface area (Å²) in [6, 6.07) is 7.34. The molecule has 1 fully saturated rings. The molecule has 1 aliphatic carbocycles. The summed E-state index contributed by atoms with van der Waals surface area (Å²) < 4.78 is 0. The molecule has 1 amide bonds. The minimum absolute atomic E-state index is 0.205. The summed E-state index contributed by atoms with van der Waals surface area (Å²) in [4.78, 5) is 11.8. The molecule has 0 saturated heterocycles. The van der Waals surface area contributed by atoms with Crippen molar-refractivity contribution in [3.8, 4) is 0 Å². The molecule has 1 aliphatic rings. The fourth-order valence-corrected chi connectivity index (χ4v) is 2.67. The van der Waals surface area contributed by atoms with Gasteiger partial charge in [0.15, 0.2) is 0 Å². The van der Waals surface area contributed by atoms with E-state index in [1.54, 1.807) is 12.1 Å². The predicted molar refractivity (Wildman–Crippen MR) is 81.5 cm³/mol. The number of carbonyl (C=O) groups is 1. The van der Waals surface area contributed by atoms with Gasteiger partial charge in [-0.1, -0.05) is 49.1 Å². The van der Waals surface area contributed by atoms with Gasteiger partial charge < -0.3 is 10.4 Å². The van der Waals surface area contributed by atoms with Gasteiger partial charge in [-0.15, -0.1) is 0 Å². The van der Waals surface area contributed by atoms with Crippen LogP contribution in [0.2, 0.25) is 5.02 Å². The van der Waals surface area contributed by atoms with Crippen LogP contribution in [0.15, 0.2) is 30.3 Å². The van der Waals surface area contributed by atoms with Gasteiger partial charge in [0.05, 0.1) is 5.60 Å². The second kappa shape index (κ2) is 6.91. The van der Waals surface area contributed by atoms with Crippen molar-refractivity contribution in [2.24, 2.45) is 0 Å². The van der Waals surface area contributed by atoms with Crippen LogP contribution in [0.3, 0.4) is 0 Å². The standard InChI is InChI=1S/C16H20ClNO2/c17-14-7-3-2-6-13(14)8-9-15(19)18-12-16(20)10-4-1-5-11-16/h2-3,6-9,20H,1,4-5,10-12H2,(H,18,19). The Labute approximate surface area is 124 Å². The van der Waals surface area contributed by atoms with Crippen molar-refractivity contribution in [3.05, 3.63) is 40.9 Å². The van der Waals surface area contributed by atoms with Crippen LogP contribution in [0.5, 0.6) is 0 Å². The van der Waals surface area contributed by atoms with Crippen molar-refractivity contribution in [2.75, 3.05) is 6.54 Å². The molecular weight excluding hydrogens is 274 g/mol. The van der Waals surface area contributed by atoms with E-state index < -0.39 is 5.60 Å². The molecule has 0 bridgehead atoms. The number of hydrogen-bond donors (Lipinski definition) is 2. The third-order valence-electron chi connectivity index (χ3n) is 3.70. The molecule has 4 heteroatoms. The number of benzene rings is 1. The summed E-state index contributed by atoms with van der Waals surface area (Å²) in [5.41, 5.74) is 0.0762. The van der Waals surface area contributed by atoms with Gasteiger partial charge in [0.25, 0.3) is 0 Å². The predicted octanol–water partition coefficient (Wildman–Crippen LogP) is 3.16. The summed E-state index contributed by atoms with van der Waals surface area (Å²) in [5, 5.41) is 13.7. The Morgan fingerprint density at radius 2 is 2.00 bits per heavy atom. The Bertz CT molecular complexity index is 493. The molecule has 1 aromatic carbocycles. The van der Waals surface area contributed by atoms with E-state index in [0.29, 0.717) is 11.6 Å². The van der Waals surface area contributed by atoms with Crippen LogP contribution in [-0.2, 0) is 4.79 Å². The second-order valence-corrected chi connectivity index (χ2v) is 5.76. The Kier molecular flexibility index (Phi) is 5.21. The average Bonchev–Trinajstić information content (AvgIpc) is 2.45. The minimum atomic E-state index is -0.730. The van der Waals surface area contributed by atoms with Crippen LogP contribution in [0.25, 0.3) is 6.08 Å². The number of rotatable bonds is 4. The molecule has 0 spiro atoms. The zero-order chi connectivity index (χ0) is 14.4. The van der Waals surface area contributed by atoms with Crippen LogP contribution in [0, 0.1) is 0 Å². The van der Waals surface area contributed by atoms with Gasteiger partial charge in [0.1, 0.15) is 0 Å². The third kappa shape index (κ3) is 4.36. The Hall–Kier alpha value is -1.32. The van der Waals surface area contributed by atoms with E-state index in [0.717, 1.165) is 31.2 Å². The summed E-state index contributed by atoms with van der Waals surface area (Å²) in [6.45, 7) is 0.318. The lowest BCUT2D eigenvalue weighted by molar-refractivity contribution is -0.118. The van der Waals surface area contributed by atoms with Crippen molar-refractivity contribution in [3.63, 3.8) is 0 Å². The summed E-state index contributed by atoms with van der Waals surface area (Å²) in [5.74, 6) is -0.205. The minimum Gasteiger partial charge on any atom is -0.388 e. The molecule has 2 N–H and O–H groups in total. The van der Waals surface area contributed by atoms with Crippen molar-refractivity contribution in [1.82, 2.24) is 5.32 Å². The first-order valence-electron chi connectivity index (χ1n) is 7.02. The average molecular weight is 294 g/mol. The van der Waals surface area contributed by atoms with E-state index in [9.17, 15) is 9.90 Å². The molecule has 1 saturated carbocycles. The van der Waals surface area contributed by atoms with Crippen molar-refractivity contribution < 1.29 is 9.90 Å². The van der Waals surface area contributed by atoms with Crippen molar-refractivity contribution >= 4 is 23.6 Å². The summed E-state index contributed by atoms with van der Waals surface area (Å²) in [7, 11) is 0. The smallest absolute Gasteiger partial charge is 0.244 e. The zero-order valence-corrected chi connectivity index (χ0v) is 12.2. The maximum absolute atomic E-state index is 11.8. The Balaban J connectivity index is 1.85. The number of carbonyl (C=O) groups excluding carboxylic acids is 1. The number of aliphatic hydroxyl groups is 1. The Morgan fingerprint density at radius 1 is 1.30 bits per heavy atom. The van der Waals surface area contributed by atoms with Gasteiger partial charge in [-0.3, -0.25) is 4.79 Å². The van der Waals surface area contributed by atoms with E-state index in [-0.39, 0.29) is 5.91 Å². The van der Waals surface area contributed by atoms with Crippen molar-refractivity contribution in [1.29, 1.82) is 0 Å².